The van der Waals surface area contributed by atoms with Gasteiger partial charge in [-0.05, 0) is 36.8 Å². The van der Waals surface area contributed by atoms with Crippen molar-refractivity contribution in [2.75, 3.05) is 0 Å². The molecule has 0 fully saturated rings. The van der Waals surface area contributed by atoms with Crippen molar-refractivity contribution in [1.29, 1.82) is 0 Å². The summed E-state index contributed by atoms with van der Waals surface area (Å²) in [6.07, 6.45) is 0. The van der Waals surface area contributed by atoms with E-state index in [2.05, 4.69) is 6.92 Å². The highest BCUT2D eigenvalue weighted by molar-refractivity contribution is 6.30. The van der Waals surface area contributed by atoms with E-state index < -0.39 is 0 Å². The largest absolute Gasteiger partial charge is 0.289 e. The standard InChI is InChI=1S/C14H10ClO/c1-10-2-4-11(5-3-10)14(16)12-6-8-13(15)9-7-12/h2-9H,1H2. The van der Waals surface area contributed by atoms with Crippen molar-refractivity contribution in [3.8, 4) is 0 Å². The third-order valence-electron chi connectivity index (χ3n) is 2.32. The fourth-order valence-corrected chi connectivity index (χ4v) is 1.55. The molecule has 1 radical (unpaired) electrons. The van der Waals surface area contributed by atoms with Gasteiger partial charge in [0.2, 0.25) is 0 Å². The van der Waals surface area contributed by atoms with E-state index in [1.54, 1.807) is 36.4 Å². The lowest BCUT2D eigenvalue weighted by Crippen LogP contribution is -2.00. The van der Waals surface area contributed by atoms with Gasteiger partial charge in [0.15, 0.2) is 5.78 Å². The van der Waals surface area contributed by atoms with Crippen LogP contribution in [0.2, 0.25) is 5.02 Å². The summed E-state index contributed by atoms with van der Waals surface area (Å²) in [5, 5.41) is 0.629. The van der Waals surface area contributed by atoms with Gasteiger partial charge >= 0.3 is 0 Å². The Hall–Kier alpha value is -1.60. The molecule has 0 saturated heterocycles. The first-order chi connectivity index (χ1) is 7.66. The molecule has 1 nitrogen and oxygen atoms in total. The second-order valence-corrected chi connectivity index (χ2v) is 3.97. The second kappa shape index (κ2) is 4.50. The summed E-state index contributed by atoms with van der Waals surface area (Å²) in [6, 6.07) is 14.1. The van der Waals surface area contributed by atoms with E-state index in [4.69, 9.17) is 11.6 Å². The van der Waals surface area contributed by atoms with Crippen LogP contribution in [0.1, 0.15) is 21.5 Å². The summed E-state index contributed by atoms with van der Waals surface area (Å²) < 4.78 is 0. The van der Waals surface area contributed by atoms with E-state index in [9.17, 15) is 4.79 Å². The first kappa shape index (κ1) is 10.9. The molecule has 2 aromatic rings. The summed E-state index contributed by atoms with van der Waals surface area (Å²) in [7, 11) is 0. The summed E-state index contributed by atoms with van der Waals surface area (Å²) in [5.41, 5.74) is 2.20. The van der Waals surface area contributed by atoms with Gasteiger partial charge in [-0.3, -0.25) is 4.79 Å². The molecular formula is C14H10ClO. The summed E-state index contributed by atoms with van der Waals surface area (Å²) in [6.45, 7) is 3.78. The minimum atomic E-state index is -0.00309. The van der Waals surface area contributed by atoms with Crippen LogP contribution in [-0.2, 0) is 0 Å². The van der Waals surface area contributed by atoms with E-state index in [1.165, 1.54) is 0 Å². The highest BCUT2D eigenvalue weighted by Crippen LogP contribution is 2.14. The molecule has 0 atom stereocenters. The Kier molecular flexibility index (Phi) is 3.07. The molecule has 0 bridgehead atoms. The van der Waals surface area contributed by atoms with E-state index in [0.29, 0.717) is 16.1 Å². The molecule has 2 heteroatoms. The summed E-state index contributed by atoms with van der Waals surface area (Å²) in [4.78, 5) is 12.0. The predicted octanol–water partition coefficient (Wildman–Crippen LogP) is 3.75. The number of carbonyl (C=O) groups is 1. The van der Waals surface area contributed by atoms with Crippen molar-refractivity contribution in [2.45, 2.75) is 0 Å². The Morgan fingerprint density at radius 3 is 1.81 bits per heavy atom. The van der Waals surface area contributed by atoms with Crippen LogP contribution in [0.25, 0.3) is 0 Å². The zero-order chi connectivity index (χ0) is 11.5. The fraction of sp³-hybridized carbons (Fsp3) is 0. The first-order valence-electron chi connectivity index (χ1n) is 4.89. The van der Waals surface area contributed by atoms with Gasteiger partial charge in [0.25, 0.3) is 0 Å². The number of hydrogen-bond acceptors (Lipinski definition) is 1. The number of carbonyl (C=O) groups excluding carboxylic acids is 1. The third kappa shape index (κ3) is 2.31. The van der Waals surface area contributed by atoms with E-state index in [1.807, 2.05) is 12.1 Å². The number of ketones is 1. The second-order valence-electron chi connectivity index (χ2n) is 3.53. The average molecular weight is 230 g/mol. The number of benzene rings is 2. The van der Waals surface area contributed by atoms with Crippen LogP contribution >= 0.6 is 11.6 Å². The minimum absolute atomic E-state index is 0.00309. The normalized spacial score (nSPS) is 10.1. The number of hydrogen-bond donors (Lipinski definition) is 0. The molecule has 0 amide bonds. The van der Waals surface area contributed by atoms with Crippen molar-refractivity contribution in [1.82, 2.24) is 0 Å². The van der Waals surface area contributed by atoms with Crippen molar-refractivity contribution >= 4 is 17.4 Å². The lowest BCUT2D eigenvalue weighted by atomic mass is 10.0. The summed E-state index contributed by atoms with van der Waals surface area (Å²) >= 11 is 5.76. The Balaban J connectivity index is 2.32. The molecule has 79 valence electrons. The van der Waals surface area contributed by atoms with Crippen LogP contribution in [0.3, 0.4) is 0 Å². The van der Waals surface area contributed by atoms with Crippen LogP contribution < -0.4 is 0 Å². The van der Waals surface area contributed by atoms with Gasteiger partial charge in [0.05, 0.1) is 0 Å². The van der Waals surface area contributed by atoms with Gasteiger partial charge in [-0.25, -0.2) is 0 Å². The average Bonchev–Trinajstić information content (AvgIpc) is 2.30. The molecule has 0 aliphatic carbocycles. The van der Waals surface area contributed by atoms with Crippen LogP contribution in [0, 0.1) is 6.92 Å². The molecule has 0 spiro atoms. The van der Waals surface area contributed by atoms with Crippen molar-refractivity contribution in [2.24, 2.45) is 0 Å². The van der Waals surface area contributed by atoms with Crippen LogP contribution in [0.4, 0.5) is 0 Å². The molecule has 0 saturated carbocycles. The molecule has 0 aromatic heterocycles. The highest BCUT2D eigenvalue weighted by atomic mass is 35.5. The molecule has 0 aliphatic heterocycles. The first-order valence-corrected chi connectivity index (χ1v) is 5.27. The van der Waals surface area contributed by atoms with Gasteiger partial charge in [-0.1, -0.05) is 35.9 Å². The van der Waals surface area contributed by atoms with Gasteiger partial charge < -0.3 is 0 Å². The quantitative estimate of drug-likeness (QED) is 0.717. The van der Waals surface area contributed by atoms with E-state index in [0.717, 1.165) is 5.56 Å². The molecule has 0 unspecified atom stereocenters. The topological polar surface area (TPSA) is 17.1 Å². The van der Waals surface area contributed by atoms with Crippen molar-refractivity contribution in [3.05, 3.63) is 77.2 Å². The molecule has 16 heavy (non-hydrogen) atoms. The van der Waals surface area contributed by atoms with E-state index in [-0.39, 0.29) is 5.78 Å². The maximum absolute atomic E-state index is 12.0. The lowest BCUT2D eigenvalue weighted by Gasteiger charge is -2.01. The minimum Gasteiger partial charge on any atom is -0.289 e. The molecule has 0 N–H and O–H groups in total. The van der Waals surface area contributed by atoms with Crippen LogP contribution in [-0.4, -0.2) is 5.78 Å². The van der Waals surface area contributed by atoms with Gasteiger partial charge in [-0.2, -0.15) is 0 Å². The zero-order valence-corrected chi connectivity index (χ0v) is 9.37. The monoisotopic (exact) mass is 229 g/mol. The Morgan fingerprint density at radius 1 is 0.875 bits per heavy atom. The molecule has 2 aromatic carbocycles. The molecular weight excluding hydrogens is 220 g/mol. The number of halogens is 1. The van der Waals surface area contributed by atoms with Gasteiger partial charge in [-0.15, -0.1) is 0 Å². The highest BCUT2D eigenvalue weighted by Gasteiger charge is 2.07. The zero-order valence-electron chi connectivity index (χ0n) is 8.61. The Morgan fingerprint density at radius 2 is 1.31 bits per heavy atom. The van der Waals surface area contributed by atoms with Gasteiger partial charge in [0, 0.05) is 16.1 Å². The maximum Gasteiger partial charge on any atom is 0.193 e. The molecule has 2 rings (SSSR count). The Labute approximate surface area is 99.7 Å². The third-order valence-corrected chi connectivity index (χ3v) is 2.57. The number of rotatable bonds is 2. The van der Waals surface area contributed by atoms with Crippen LogP contribution in [0.15, 0.2) is 48.5 Å². The maximum atomic E-state index is 12.0. The molecule has 0 aliphatic rings. The van der Waals surface area contributed by atoms with E-state index >= 15 is 0 Å². The summed E-state index contributed by atoms with van der Waals surface area (Å²) in [5.74, 6) is -0.00309. The van der Waals surface area contributed by atoms with Crippen molar-refractivity contribution < 1.29 is 4.79 Å². The Bertz CT molecular complexity index is 450. The smallest absolute Gasteiger partial charge is 0.193 e. The SMILES string of the molecule is [CH2]c1ccc(C(=O)c2ccc(Cl)cc2)cc1. The van der Waals surface area contributed by atoms with Gasteiger partial charge in [0.1, 0.15) is 0 Å². The van der Waals surface area contributed by atoms with Crippen molar-refractivity contribution in [3.63, 3.8) is 0 Å². The predicted molar refractivity (Wildman–Crippen MR) is 65.8 cm³/mol. The molecule has 0 heterocycles. The van der Waals surface area contributed by atoms with Crippen LogP contribution in [0.5, 0.6) is 0 Å². The fourth-order valence-electron chi connectivity index (χ4n) is 1.42. The lowest BCUT2D eigenvalue weighted by molar-refractivity contribution is 0.103.